The van der Waals surface area contributed by atoms with Gasteiger partial charge < -0.3 is 14.7 Å². The predicted octanol–water partition coefficient (Wildman–Crippen LogP) is 2.20. The van der Waals surface area contributed by atoms with Crippen LogP contribution in [0.1, 0.15) is 35.2 Å². The van der Waals surface area contributed by atoms with Crippen molar-refractivity contribution in [1.29, 1.82) is 0 Å². The smallest absolute Gasteiger partial charge is 0.335 e. The third-order valence-corrected chi connectivity index (χ3v) is 4.13. The Morgan fingerprint density at radius 3 is 2.86 bits per heavy atom. The summed E-state index contributed by atoms with van der Waals surface area (Å²) in [5.74, 6) is -0.434. The molecule has 1 aromatic carbocycles. The normalized spacial score (nSPS) is 18.2. The molecule has 0 spiro atoms. The van der Waals surface area contributed by atoms with E-state index >= 15 is 0 Å². The maximum Gasteiger partial charge on any atom is 0.335 e. The average Bonchev–Trinajstić information content (AvgIpc) is 2.53. The molecule has 1 heterocycles. The first kappa shape index (κ1) is 16.5. The number of rotatable bonds is 6. The number of carboxylic acid groups (broad SMARTS) is 1. The summed E-state index contributed by atoms with van der Waals surface area (Å²) < 4.78 is 5.18. The van der Waals surface area contributed by atoms with Crippen molar-refractivity contribution in [2.45, 2.75) is 25.7 Å². The fourth-order valence-corrected chi connectivity index (χ4v) is 3.01. The number of carboxylic acids is 1. The molecular weight excluding hydrogens is 282 g/mol. The standard InChI is InChI=1S/C17H23NO4/c1-22-12-13-5-4-10-18(11-13)16(19)9-8-14-6-2-3-7-15(14)17(20)21/h2-3,6-7,13H,4-5,8-12H2,1H3,(H,20,21). The Kier molecular flexibility index (Phi) is 5.95. The molecule has 1 aliphatic rings. The summed E-state index contributed by atoms with van der Waals surface area (Å²) in [4.78, 5) is 25.4. The third-order valence-electron chi connectivity index (χ3n) is 4.13. The lowest BCUT2D eigenvalue weighted by Gasteiger charge is -2.32. The van der Waals surface area contributed by atoms with Crippen LogP contribution in [0.25, 0.3) is 0 Å². The highest BCUT2D eigenvalue weighted by Gasteiger charge is 2.23. The monoisotopic (exact) mass is 305 g/mol. The van der Waals surface area contributed by atoms with Crippen LogP contribution < -0.4 is 0 Å². The van der Waals surface area contributed by atoms with Gasteiger partial charge in [0, 0.05) is 26.6 Å². The minimum atomic E-state index is -0.943. The number of nitrogens with zero attached hydrogens (tertiary/aromatic N) is 1. The van der Waals surface area contributed by atoms with E-state index in [0.717, 1.165) is 25.9 Å². The van der Waals surface area contributed by atoms with E-state index in [-0.39, 0.29) is 11.5 Å². The molecule has 1 unspecified atom stereocenters. The molecule has 120 valence electrons. The number of hydrogen-bond donors (Lipinski definition) is 1. The van der Waals surface area contributed by atoms with Crippen LogP contribution in [-0.4, -0.2) is 48.7 Å². The highest BCUT2D eigenvalue weighted by Crippen LogP contribution is 2.18. The number of aryl methyl sites for hydroxylation is 1. The average molecular weight is 305 g/mol. The minimum absolute atomic E-state index is 0.0981. The van der Waals surface area contributed by atoms with Gasteiger partial charge >= 0.3 is 5.97 Å². The van der Waals surface area contributed by atoms with Crippen molar-refractivity contribution in [3.05, 3.63) is 35.4 Å². The van der Waals surface area contributed by atoms with Crippen LogP contribution >= 0.6 is 0 Å². The topological polar surface area (TPSA) is 66.8 Å². The second kappa shape index (κ2) is 7.94. The highest BCUT2D eigenvalue weighted by molar-refractivity contribution is 5.89. The number of methoxy groups -OCH3 is 1. The molecular formula is C17H23NO4. The zero-order valence-corrected chi connectivity index (χ0v) is 13.0. The summed E-state index contributed by atoms with van der Waals surface area (Å²) in [5.41, 5.74) is 1.00. The summed E-state index contributed by atoms with van der Waals surface area (Å²) in [5, 5.41) is 9.16. The minimum Gasteiger partial charge on any atom is -0.478 e. The van der Waals surface area contributed by atoms with E-state index in [0.29, 0.717) is 30.9 Å². The van der Waals surface area contributed by atoms with Gasteiger partial charge in [0.15, 0.2) is 0 Å². The number of aromatic carboxylic acids is 1. The molecule has 1 amide bonds. The van der Waals surface area contributed by atoms with Crippen molar-refractivity contribution in [2.24, 2.45) is 5.92 Å². The SMILES string of the molecule is COCC1CCCN(C(=O)CCc2ccccc2C(=O)O)C1. The van der Waals surface area contributed by atoms with E-state index in [4.69, 9.17) is 9.84 Å². The Morgan fingerprint density at radius 1 is 1.36 bits per heavy atom. The molecule has 0 radical (unpaired) electrons. The summed E-state index contributed by atoms with van der Waals surface area (Å²) in [6.45, 7) is 2.22. The molecule has 0 bridgehead atoms. The zero-order chi connectivity index (χ0) is 15.9. The van der Waals surface area contributed by atoms with Crippen LogP contribution in [0.15, 0.2) is 24.3 Å². The lowest BCUT2D eigenvalue weighted by molar-refractivity contribution is -0.133. The van der Waals surface area contributed by atoms with E-state index in [1.165, 1.54) is 0 Å². The van der Waals surface area contributed by atoms with Crippen molar-refractivity contribution in [2.75, 3.05) is 26.8 Å². The number of likely N-dealkylation sites (tertiary alicyclic amines) is 1. The molecule has 5 nitrogen and oxygen atoms in total. The molecule has 0 aromatic heterocycles. The Bertz CT molecular complexity index is 527. The Hall–Kier alpha value is -1.88. The van der Waals surface area contributed by atoms with Crippen molar-refractivity contribution in [3.63, 3.8) is 0 Å². The number of carbonyl (C=O) groups excluding carboxylic acids is 1. The third kappa shape index (κ3) is 4.31. The van der Waals surface area contributed by atoms with Gasteiger partial charge in [-0.05, 0) is 36.8 Å². The van der Waals surface area contributed by atoms with Crippen LogP contribution in [0, 0.1) is 5.92 Å². The lowest BCUT2D eigenvalue weighted by Crippen LogP contribution is -2.41. The van der Waals surface area contributed by atoms with E-state index < -0.39 is 5.97 Å². The van der Waals surface area contributed by atoms with Crippen LogP contribution in [0.3, 0.4) is 0 Å². The highest BCUT2D eigenvalue weighted by atomic mass is 16.5. The molecule has 1 N–H and O–H groups in total. The molecule has 22 heavy (non-hydrogen) atoms. The first-order chi connectivity index (χ1) is 10.6. The van der Waals surface area contributed by atoms with Gasteiger partial charge in [-0.15, -0.1) is 0 Å². The molecule has 1 saturated heterocycles. The van der Waals surface area contributed by atoms with Gasteiger partial charge in [-0.2, -0.15) is 0 Å². The summed E-state index contributed by atoms with van der Waals surface area (Å²) >= 11 is 0. The Morgan fingerprint density at radius 2 is 2.14 bits per heavy atom. The van der Waals surface area contributed by atoms with E-state index in [1.807, 2.05) is 11.0 Å². The maximum atomic E-state index is 12.3. The van der Waals surface area contributed by atoms with Gasteiger partial charge in [0.25, 0.3) is 0 Å². The number of piperidine rings is 1. The van der Waals surface area contributed by atoms with Gasteiger partial charge in [0.2, 0.25) is 5.91 Å². The fourth-order valence-electron chi connectivity index (χ4n) is 3.01. The van der Waals surface area contributed by atoms with Gasteiger partial charge in [-0.3, -0.25) is 4.79 Å². The van der Waals surface area contributed by atoms with E-state index in [9.17, 15) is 9.59 Å². The van der Waals surface area contributed by atoms with Crippen molar-refractivity contribution in [1.82, 2.24) is 4.90 Å². The fraction of sp³-hybridized carbons (Fsp3) is 0.529. The molecule has 0 saturated carbocycles. The van der Waals surface area contributed by atoms with Crippen molar-refractivity contribution < 1.29 is 19.4 Å². The molecule has 5 heteroatoms. The molecule has 1 fully saturated rings. The van der Waals surface area contributed by atoms with Gasteiger partial charge in [0.1, 0.15) is 0 Å². The first-order valence-electron chi connectivity index (χ1n) is 7.69. The first-order valence-corrected chi connectivity index (χ1v) is 7.69. The van der Waals surface area contributed by atoms with Crippen LogP contribution in [-0.2, 0) is 16.0 Å². The molecule has 1 atom stereocenters. The quantitative estimate of drug-likeness (QED) is 0.875. The molecule has 1 aromatic rings. The number of ether oxygens (including phenoxy) is 1. The van der Waals surface area contributed by atoms with Gasteiger partial charge in [-0.1, -0.05) is 18.2 Å². The number of hydrogen-bond acceptors (Lipinski definition) is 3. The predicted molar refractivity (Wildman–Crippen MR) is 82.9 cm³/mol. The number of carbonyl (C=O) groups is 2. The second-order valence-corrected chi connectivity index (χ2v) is 5.77. The largest absolute Gasteiger partial charge is 0.478 e. The summed E-state index contributed by atoms with van der Waals surface area (Å²) in [6.07, 6.45) is 2.92. The summed E-state index contributed by atoms with van der Waals surface area (Å²) in [6, 6.07) is 6.87. The van der Waals surface area contributed by atoms with Crippen molar-refractivity contribution >= 4 is 11.9 Å². The van der Waals surface area contributed by atoms with Crippen molar-refractivity contribution in [3.8, 4) is 0 Å². The molecule has 1 aliphatic heterocycles. The van der Waals surface area contributed by atoms with Crippen LogP contribution in [0.2, 0.25) is 0 Å². The summed E-state index contributed by atoms with van der Waals surface area (Å²) in [7, 11) is 1.68. The molecule has 0 aliphatic carbocycles. The van der Waals surface area contributed by atoms with Crippen LogP contribution in [0.4, 0.5) is 0 Å². The second-order valence-electron chi connectivity index (χ2n) is 5.77. The Balaban J connectivity index is 1.91. The Labute approximate surface area is 130 Å². The van der Waals surface area contributed by atoms with E-state index in [1.54, 1.807) is 25.3 Å². The zero-order valence-electron chi connectivity index (χ0n) is 13.0. The molecule has 2 rings (SSSR count). The van der Waals surface area contributed by atoms with Gasteiger partial charge in [0.05, 0.1) is 12.2 Å². The van der Waals surface area contributed by atoms with E-state index in [2.05, 4.69) is 0 Å². The van der Waals surface area contributed by atoms with Crippen LogP contribution in [0.5, 0.6) is 0 Å². The number of amides is 1. The number of benzene rings is 1. The van der Waals surface area contributed by atoms with Gasteiger partial charge in [-0.25, -0.2) is 4.79 Å². The maximum absolute atomic E-state index is 12.3. The lowest BCUT2D eigenvalue weighted by atomic mass is 9.98.